The summed E-state index contributed by atoms with van der Waals surface area (Å²) in [5, 5.41) is 2.88. The molecule has 1 amide bonds. The van der Waals surface area contributed by atoms with Crippen molar-refractivity contribution < 1.29 is 4.79 Å². The number of pyridine rings is 1. The lowest BCUT2D eigenvalue weighted by Crippen LogP contribution is -2.30. The van der Waals surface area contributed by atoms with Crippen LogP contribution in [0.15, 0.2) is 18.2 Å². The number of amides is 1. The average molecular weight is 233 g/mol. The van der Waals surface area contributed by atoms with Crippen molar-refractivity contribution in [3.8, 4) is 0 Å². The number of anilines is 1. The van der Waals surface area contributed by atoms with Crippen LogP contribution in [-0.2, 0) is 4.79 Å². The highest BCUT2D eigenvalue weighted by Gasteiger charge is 2.31. The van der Waals surface area contributed by atoms with Crippen LogP contribution in [0.2, 0.25) is 0 Å². The average Bonchev–Trinajstić information content (AvgIpc) is 2.77. The third kappa shape index (κ3) is 2.82. The zero-order valence-electron chi connectivity index (χ0n) is 10.1. The Bertz CT molecular complexity index is 405. The van der Waals surface area contributed by atoms with Crippen LogP contribution in [0.3, 0.4) is 0 Å². The number of rotatable bonds is 3. The Morgan fingerprint density at radius 2 is 2.35 bits per heavy atom. The van der Waals surface area contributed by atoms with Gasteiger partial charge in [-0.05, 0) is 44.4 Å². The first-order chi connectivity index (χ1) is 8.20. The topological polar surface area (TPSA) is 68.0 Å². The summed E-state index contributed by atoms with van der Waals surface area (Å²) in [6.07, 6.45) is 3.11. The highest BCUT2D eigenvalue weighted by molar-refractivity contribution is 5.92. The Morgan fingerprint density at radius 3 is 3.06 bits per heavy atom. The molecule has 0 bridgehead atoms. The molecule has 0 unspecified atom stereocenters. The Morgan fingerprint density at radius 1 is 1.53 bits per heavy atom. The molecule has 17 heavy (non-hydrogen) atoms. The van der Waals surface area contributed by atoms with Gasteiger partial charge in [0.2, 0.25) is 5.91 Å². The van der Waals surface area contributed by atoms with Gasteiger partial charge in [0.25, 0.3) is 0 Å². The molecule has 0 aromatic carbocycles. The third-order valence-electron chi connectivity index (χ3n) is 3.44. The van der Waals surface area contributed by atoms with Gasteiger partial charge >= 0.3 is 0 Å². The van der Waals surface area contributed by atoms with Crippen molar-refractivity contribution in [3.05, 3.63) is 23.9 Å². The SMILES string of the molecule is Cc1cccc(NC(=O)[C@@H]2CCC[C@@H]2CN)n1. The van der Waals surface area contributed by atoms with Crippen molar-refractivity contribution >= 4 is 11.7 Å². The van der Waals surface area contributed by atoms with Gasteiger partial charge < -0.3 is 11.1 Å². The molecule has 3 N–H and O–H groups in total. The lowest BCUT2D eigenvalue weighted by atomic mass is 9.95. The minimum Gasteiger partial charge on any atom is -0.330 e. The molecule has 1 fully saturated rings. The fourth-order valence-corrected chi connectivity index (χ4v) is 2.50. The fourth-order valence-electron chi connectivity index (χ4n) is 2.50. The summed E-state index contributed by atoms with van der Waals surface area (Å²) < 4.78 is 0. The molecule has 4 heteroatoms. The summed E-state index contributed by atoms with van der Waals surface area (Å²) in [4.78, 5) is 16.4. The quantitative estimate of drug-likeness (QED) is 0.835. The van der Waals surface area contributed by atoms with Crippen molar-refractivity contribution in [1.82, 2.24) is 4.98 Å². The summed E-state index contributed by atoms with van der Waals surface area (Å²) in [7, 11) is 0. The molecule has 2 atom stereocenters. The first kappa shape index (κ1) is 12.0. The molecule has 1 aromatic rings. The van der Waals surface area contributed by atoms with Crippen LogP contribution in [0.4, 0.5) is 5.82 Å². The summed E-state index contributed by atoms with van der Waals surface area (Å²) in [5.41, 5.74) is 6.59. The Kier molecular flexibility index (Phi) is 3.74. The summed E-state index contributed by atoms with van der Waals surface area (Å²) in [6, 6.07) is 5.62. The minimum absolute atomic E-state index is 0.0577. The standard InChI is InChI=1S/C13H19N3O/c1-9-4-2-7-12(15-9)16-13(17)11-6-3-5-10(11)8-14/h2,4,7,10-11H,3,5-6,8,14H2,1H3,(H,15,16,17)/t10-,11-/m1/s1. The molecule has 0 spiro atoms. The number of carbonyl (C=O) groups excluding carboxylic acids is 1. The van der Waals surface area contributed by atoms with Crippen LogP contribution in [-0.4, -0.2) is 17.4 Å². The van der Waals surface area contributed by atoms with Crippen LogP contribution in [0, 0.1) is 18.8 Å². The van der Waals surface area contributed by atoms with Gasteiger partial charge in [0.05, 0.1) is 0 Å². The first-order valence-corrected chi connectivity index (χ1v) is 6.15. The minimum atomic E-state index is 0.0577. The van der Waals surface area contributed by atoms with Crippen LogP contribution in [0.25, 0.3) is 0 Å². The molecule has 1 heterocycles. The van der Waals surface area contributed by atoms with E-state index in [9.17, 15) is 4.79 Å². The Balaban J connectivity index is 2.01. The van der Waals surface area contributed by atoms with Gasteiger partial charge in [0.1, 0.15) is 5.82 Å². The van der Waals surface area contributed by atoms with Crippen LogP contribution < -0.4 is 11.1 Å². The predicted octanol–water partition coefficient (Wildman–Crippen LogP) is 1.70. The van der Waals surface area contributed by atoms with E-state index in [2.05, 4.69) is 10.3 Å². The molecular weight excluding hydrogens is 214 g/mol. The number of aryl methyl sites for hydroxylation is 1. The molecule has 92 valence electrons. The zero-order chi connectivity index (χ0) is 12.3. The number of hydrogen-bond donors (Lipinski definition) is 2. The lowest BCUT2D eigenvalue weighted by Gasteiger charge is -2.17. The van der Waals surface area contributed by atoms with E-state index in [4.69, 9.17) is 5.73 Å². The number of hydrogen-bond acceptors (Lipinski definition) is 3. The maximum atomic E-state index is 12.1. The molecule has 4 nitrogen and oxygen atoms in total. The Hall–Kier alpha value is -1.42. The van der Waals surface area contributed by atoms with Gasteiger partial charge in [-0.3, -0.25) is 4.79 Å². The van der Waals surface area contributed by atoms with E-state index in [0.717, 1.165) is 25.0 Å². The predicted molar refractivity (Wildman–Crippen MR) is 67.5 cm³/mol. The van der Waals surface area contributed by atoms with Crippen molar-refractivity contribution in [2.24, 2.45) is 17.6 Å². The van der Waals surface area contributed by atoms with Crippen molar-refractivity contribution in [3.63, 3.8) is 0 Å². The van der Waals surface area contributed by atoms with Gasteiger partial charge in [-0.2, -0.15) is 0 Å². The largest absolute Gasteiger partial charge is 0.330 e. The maximum absolute atomic E-state index is 12.1. The van der Waals surface area contributed by atoms with Gasteiger partial charge in [-0.15, -0.1) is 0 Å². The van der Waals surface area contributed by atoms with Crippen LogP contribution in [0.1, 0.15) is 25.0 Å². The molecule has 0 radical (unpaired) electrons. The molecule has 2 rings (SSSR count). The molecule has 0 saturated heterocycles. The second-order valence-electron chi connectivity index (χ2n) is 4.69. The van der Waals surface area contributed by atoms with Crippen molar-refractivity contribution in [2.75, 3.05) is 11.9 Å². The van der Waals surface area contributed by atoms with E-state index in [-0.39, 0.29) is 11.8 Å². The van der Waals surface area contributed by atoms with E-state index in [0.29, 0.717) is 18.3 Å². The molecule has 0 aliphatic heterocycles. The van der Waals surface area contributed by atoms with E-state index >= 15 is 0 Å². The molecular formula is C13H19N3O. The summed E-state index contributed by atoms with van der Waals surface area (Å²) in [5.74, 6) is 1.09. The third-order valence-corrected chi connectivity index (χ3v) is 3.44. The number of nitrogens with one attached hydrogen (secondary N) is 1. The van der Waals surface area contributed by atoms with Crippen LogP contribution >= 0.6 is 0 Å². The van der Waals surface area contributed by atoms with E-state index < -0.39 is 0 Å². The van der Waals surface area contributed by atoms with Crippen LogP contribution in [0.5, 0.6) is 0 Å². The summed E-state index contributed by atoms with van der Waals surface area (Å²) in [6.45, 7) is 2.51. The smallest absolute Gasteiger partial charge is 0.228 e. The highest BCUT2D eigenvalue weighted by Crippen LogP contribution is 2.31. The van der Waals surface area contributed by atoms with Gasteiger partial charge in [0, 0.05) is 11.6 Å². The van der Waals surface area contributed by atoms with E-state index in [1.807, 2.05) is 25.1 Å². The molecule has 1 saturated carbocycles. The van der Waals surface area contributed by atoms with Crippen molar-refractivity contribution in [1.29, 1.82) is 0 Å². The second kappa shape index (κ2) is 5.27. The Labute approximate surface area is 102 Å². The normalized spacial score (nSPS) is 23.6. The van der Waals surface area contributed by atoms with E-state index in [1.165, 1.54) is 0 Å². The van der Waals surface area contributed by atoms with Gasteiger partial charge in [-0.1, -0.05) is 12.5 Å². The van der Waals surface area contributed by atoms with E-state index in [1.54, 1.807) is 0 Å². The zero-order valence-corrected chi connectivity index (χ0v) is 10.1. The lowest BCUT2D eigenvalue weighted by molar-refractivity contribution is -0.120. The second-order valence-corrected chi connectivity index (χ2v) is 4.69. The summed E-state index contributed by atoms with van der Waals surface area (Å²) >= 11 is 0. The molecule has 1 aliphatic carbocycles. The number of carbonyl (C=O) groups is 1. The van der Waals surface area contributed by atoms with Gasteiger partial charge in [0.15, 0.2) is 0 Å². The number of nitrogens with zero attached hydrogens (tertiary/aromatic N) is 1. The highest BCUT2D eigenvalue weighted by atomic mass is 16.2. The fraction of sp³-hybridized carbons (Fsp3) is 0.538. The molecule has 1 aliphatic rings. The van der Waals surface area contributed by atoms with Gasteiger partial charge in [-0.25, -0.2) is 4.98 Å². The monoisotopic (exact) mass is 233 g/mol. The maximum Gasteiger partial charge on any atom is 0.228 e. The molecule has 1 aromatic heterocycles. The number of nitrogens with two attached hydrogens (primary N) is 1. The first-order valence-electron chi connectivity index (χ1n) is 6.15. The van der Waals surface area contributed by atoms with Crippen molar-refractivity contribution in [2.45, 2.75) is 26.2 Å². The number of aromatic nitrogens is 1.